The van der Waals surface area contributed by atoms with Crippen molar-refractivity contribution in [3.63, 3.8) is 0 Å². The Hall–Kier alpha value is -1.69. The van der Waals surface area contributed by atoms with Crippen LogP contribution in [-0.4, -0.2) is 28.1 Å². The Kier molecular flexibility index (Phi) is 4.89. The summed E-state index contributed by atoms with van der Waals surface area (Å²) >= 11 is 1.74. The van der Waals surface area contributed by atoms with Crippen LogP contribution in [0, 0.1) is 0 Å². The Balaban J connectivity index is 2.06. The summed E-state index contributed by atoms with van der Waals surface area (Å²) in [6.07, 6.45) is 6.43. The molecule has 0 aromatic carbocycles. The van der Waals surface area contributed by atoms with E-state index >= 15 is 0 Å². The minimum Gasteiger partial charge on any atom is -0.474 e. The number of nitrogens with zero attached hydrogens (tertiary/aromatic N) is 4. The number of hydrogen-bond acceptors (Lipinski definition) is 6. The highest BCUT2D eigenvalue weighted by molar-refractivity contribution is 7.11. The van der Waals surface area contributed by atoms with Gasteiger partial charge in [0.05, 0.1) is 25.0 Å². The fourth-order valence-corrected chi connectivity index (χ4v) is 2.60. The topological polar surface area (TPSA) is 51.1 Å². The molecule has 20 heavy (non-hydrogen) atoms. The van der Waals surface area contributed by atoms with Crippen LogP contribution in [0.1, 0.15) is 30.7 Å². The number of anilines is 1. The van der Waals surface area contributed by atoms with Crippen LogP contribution >= 0.6 is 11.3 Å². The van der Waals surface area contributed by atoms with Gasteiger partial charge in [-0.2, -0.15) is 4.98 Å². The maximum atomic E-state index is 5.56. The zero-order valence-electron chi connectivity index (χ0n) is 12.3. The monoisotopic (exact) mass is 292 g/mol. The molecule has 2 aromatic heterocycles. The molecule has 0 saturated carbocycles. The van der Waals surface area contributed by atoms with Crippen LogP contribution in [0.25, 0.3) is 0 Å². The molecule has 0 bridgehead atoms. The molecule has 6 heteroatoms. The smallest absolute Gasteiger partial charge is 0.234 e. The summed E-state index contributed by atoms with van der Waals surface area (Å²) in [4.78, 5) is 16.4. The van der Waals surface area contributed by atoms with Crippen molar-refractivity contribution < 1.29 is 4.74 Å². The zero-order valence-corrected chi connectivity index (χ0v) is 13.1. The first-order valence-electron chi connectivity index (χ1n) is 6.72. The maximum Gasteiger partial charge on any atom is 0.234 e. The van der Waals surface area contributed by atoms with Gasteiger partial charge in [0.1, 0.15) is 5.01 Å². The lowest BCUT2D eigenvalue weighted by molar-refractivity contribution is 0.231. The Labute approximate surface area is 123 Å². The molecule has 0 aliphatic rings. The van der Waals surface area contributed by atoms with Crippen molar-refractivity contribution in [1.29, 1.82) is 0 Å². The molecular formula is C14H20N4OS. The van der Waals surface area contributed by atoms with Gasteiger partial charge in [0, 0.05) is 18.1 Å². The Bertz CT molecular complexity index is 556. The molecule has 0 saturated heterocycles. The molecule has 0 amide bonds. The summed E-state index contributed by atoms with van der Waals surface area (Å²) in [7, 11) is 1.98. The molecule has 0 fully saturated rings. The third-order valence-corrected chi connectivity index (χ3v) is 3.80. The van der Waals surface area contributed by atoms with Crippen molar-refractivity contribution in [2.24, 2.45) is 0 Å². The lowest BCUT2D eigenvalue weighted by Gasteiger charge is -2.17. The lowest BCUT2D eigenvalue weighted by atomic mass is 10.4. The highest BCUT2D eigenvalue weighted by Crippen LogP contribution is 2.19. The van der Waals surface area contributed by atoms with Gasteiger partial charge in [0.25, 0.3) is 0 Å². The molecule has 5 nitrogen and oxygen atoms in total. The van der Waals surface area contributed by atoms with Crippen LogP contribution in [-0.2, 0) is 13.0 Å². The van der Waals surface area contributed by atoms with Gasteiger partial charge in [0.2, 0.25) is 5.88 Å². The van der Waals surface area contributed by atoms with Gasteiger partial charge >= 0.3 is 0 Å². The average molecular weight is 292 g/mol. The second-order valence-electron chi connectivity index (χ2n) is 4.81. The van der Waals surface area contributed by atoms with E-state index in [1.54, 1.807) is 23.7 Å². The van der Waals surface area contributed by atoms with Crippen LogP contribution in [0.5, 0.6) is 5.88 Å². The fraction of sp³-hybridized carbons (Fsp3) is 0.500. The summed E-state index contributed by atoms with van der Waals surface area (Å²) in [6, 6.07) is 0. The predicted molar refractivity (Wildman–Crippen MR) is 81.4 cm³/mol. The molecule has 0 aliphatic heterocycles. The van der Waals surface area contributed by atoms with Crippen LogP contribution in [0.3, 0.4) is 0 Å². The summed E-state index contributed by atoms with van der Waals surface area (Å²) in [5.74, 6) is 1.34. The van der Waals surface area contributed by atoms with E-state index in [-0.39, 0.29) is 6.10 Å². The van der Waals surface area contributed by atoms with Crippen molar-refractivity contribution in [2.75, 3.05) is 11.9 Å². The van der Waals surface area contributed by atoms with E-state index in [1.165, 1.54) is 4.88 Å². The van der Waals surface area contributed by atoms with Crippen LogP contribution < -0.4 is 9.64 Å². The van der Waals surface area contributed by atoms with Crippen LogP contribution in [0.15, 0.2) is 18.6 Å². The molecule has 2 aromatic rings. The average Bonchev–Trinajstić information content (AvgIpc) is 2.86. The fourth-order valence-electron chi connectivity index (χ4n) is 1.69. The van der Waals surface area contributed by atoms with E-state index in [4.69, 9.17) is 4.74 Å². The first kappa shape index (κ1) is 14.7. The third-order valence-electron chi connectivity index (χ3n) is 2.67. The molecule has 0 unspecified atom stereocenters. The molecular weight excluding hydrogens is 272 g/mol. The number of thiazole rings is 1. The van der Waals surface area contributed by atoms with Crippen molar-refractivity contribution >= 4 is 17.2 Å². The van der Waals surface area contributed by atoms with E-state index in [9.17, 15) is 0 Å². The Morgan fingerprint density at radius 1 is 1.30 bits per heavy atom. The number of ether oxygens (including phenoxy) is 1. The second-order valence-corrected chi connectivity index (χ2v) is 6.01. The molecule has 0 N–H and O–H groups in total. The second kappa shape index (κ2) is 6.65. The number of aromatic nitrogens is 3. The third kappa shape index (κ3) is 3.90. The summed E-state index contributed by atoms with van der Waals surface area (Å²) in [5, 5.41) is 1.08. The zero-order chi connectivity index (χ0) is 14.5. The van der Waals surface area contributed by atoms with Crippen molar-refractivity contribution in [3.05, 3.63) is 28.5 Å². The van der Waals surface area contributed by atoms with Gasteiger partial charge in [-0.3, -0.25) is 4.98 Å². The SMILES string of the molecule is CCc1cnc(CN(C)c2cncc(OC(C)C)n2)s1. The van der Waals surface area contributed by atoms with Gasteiger partial charge in [-0.1, -0.05) is 6.92 Å². The Morgan fingerprint density at radius 3 is 2.75 bits per heavy atom. The van der Waals surface area contributed by atoms with E-state index in [0.717, 1.165) is 23.8 Å². The van der Waals surface area contributed by atoms with Gasteiger partial charge in [-0.15, -0.1) is 11.3 Å². The van der Waals surface area contributed by atoms with Crippen molar-refractivity contribution in [3.8, 4) is 5.88 Å². The molecule has 2 heterocycles. The van der Waals surface area contributed by atoms with Crippen LogP contribution in [0.2, 0.25) is 0 Å². The molecule has 0 aliphatic carbocycles. The van der Waals surface area contributed by atoms with Gasteiger partial charge < -0.3 is 9.64 Å². The molecule has 0 radical (unpaired) electrons. The lowest BCUT2D eigenvalue weighted by Crippen LogP contribution is -2.18. The van der Waals surface area contributed by atoms with Crippen molar-refractivity contribution in [2.45, 2.75) is 39.8 Å². The maximum absolute atomic E-state index is 5.56. The molecule has 2 rings (SSSR count). The van der Waals surface area contributed by atoms with Gasteiger partial charge in [-0.05, 0) is 20.3 Å². The van der Waals surface area contributed by atoms with Gasteiger partial charge in [-0.25, -0.2) is 4.98 Å². The largest absolute Gasteiger partial charge is 0.474 e. The highest BCUT2D eigenvalue weighted by atomic mass is 32.1. The van der Waals surface area contributed by atoms with E-state index in [0.29, 0.717) is 5.88 Å². The first-order valence-corrected chi connectivity index (χ1v) is 7.53. The van der Waals surface area contributed by atoms with Gasteiger partial charge in [0.15, 0.2) is 5.82 Å². The first-order chi connectivity index (χ1) is 9.58. The number of hydrogen-bond donors (Lipinski definition) is 0. The van der Waals surface area contributed by atoms with Crippen molar-refractivity contribution in [1.82, 2.24) is 15.0 Å². The molecule has 108 valence electrons. The summed E-state index contributed by atoms with van der Waals surface area (Å²) in [6.45, 7) is 6.81. The predicted octanol–water partition coefficient (Wildman–Crippen LogP) is 2.92. The highest BCUT2D eigenvalue weighted by Gasteiger charge is 2.09. The molecule has 0 atom stereocenters. The van der Waals surface area contributed by atoms with Crippen LogP contribution in [0.4, 0.5) is 5.82 Å². The minimum absolute atomic E-state index is 0.0935. The van der Waals surface area contributed by atoms with E-state index in [2.05, 4.69) is 21.9 Å². The quantitative estimate of drug-likeness (QED) is 0.819. The standard InChI is InChI=1S/C14H20N4OS/c1-5-11-6-16-14(20-11)9-18(4)12-7-15-8-13(17-12)19-10(2)3/h6-8,10H,5,9H2,1-4H3. The Morgan fingerprint density at radius 2 is 2.10 bits per heavy atom. The van der Waals surface area contributed by atoms with E-state index in [1.807, 2.05) is 32.0 Å². The molecule has 0 spiro atoms. The summed E-state index contributed by atoms with van der Waals surface area (Å²) in [5.41, 5.74) is 0. The van der Waals surface area contributed by atoms with E-state index < -0.39 is 0 Å². The minimum atomic E-state index is 0.0935. The normalized spacial score (nSPS) is 10.8. The number of rotatable bonds is 6. The summed E-state index contributed by atoms with van der Waals surface area (Å²) < 4.78 is 5.56. The number of aryl methyl sites for hydroxylation is 1.